The monoisotopic (exact) mass is 238 g/mol. The van der Waals surface area contributed by atoms with E-state index in [1.807, 2.05) is 0 Å². The van der Waals surface area contributed by atoms with Crippen LogP contribution in [0.15, 0.2) is 0 Å². The molecule has 2 aliphatic rings. The Labute approximate surface area is 107 Å². The van der Waals surface area contributed by atoms with Crippen molar-refractivity contribution in [3.8, 4) is 0 Å². The van der Waals surface area contributed by atoms with Gasteiger partial charge in [-0.25, -0.2) is 0 Å². The van der Waals surface area contributed by atoms with Crippen molar-refractivity contribution in [3.63, 3.8) is 0 Å². The quantitative estimate of drug-likeness (QED) is 0.810. The Hall–Kier alpha value is -0.0800. The second kappa shape index (κ2) is 7.38. The minimum Gasteiger partial charge on any atom is -0.314 e. The highest BCUT2D eigenvalue weighted by molar-refractivity contribution is 4.85. The lowest BCUT2D eigenvalue weighted by Crippen LogP contribution is -2.40. The molecule has 1 aliphatic carbocycles. The van der Waals surface area contributed by atoms with E-state index in [0.717, 1.165) is 18.5 Å². The van der Waals surface area contributed by atoms with Crippen molar-refractivity contribution in [1.29, 1.82) is 0 Å². The molecule has 0 spiro atoms. The van der Waals surface area contributed by atoms with Gasteiger partial charge in [-0.15, -0.1) is 0 Å². The van der Waals surface area contributed by atoms with Crippen LogP contribution in [0.25, 0.3) is 0 Å². The molecular formula is C15H30N2. The minimum absolute atomic E-state index is 0.811. The molecule has 1 aliphatic heterocycles. The van der Waals surface area contributed by atoms with E-state index in [2.05, 4.69) is 17.1 Å². The Balaban J connectivity index is 1.77. The summed E-state index contributed by atoms with van der Waals surface area (Å²) >= 11 is 0. The van der Waals surface area contributed by atoms with Gasteiger partial charge >= 0.3 is 0 Å². The van der Waals surface area contributed by atoms with Crippen molar-refractivity contribution in [2.75, 3.05) is 26.2 Å². The summed E-state index contributed by atoms with van der Waals surface area (Å²) in [7, 11) is 0. The van der Waals surface area contributed by atoms with E-state index in [0.29, 0.717) is 0 Å². The Kier molecular flexibility index (Phi) is 5.79. The number of rotatable bonds is 4. The smallest absolute Gasteiger partial charge is 0.0107 e. The topological polar surface area (TPSA) is 15.3 Å². The molecule has 0 aromatic carbocycles. The fourth-order valence-electron chi connectivity index (χ4n) is 3.61. The van der Waals surface area contributed by atoms with E-state index in [-0.39, 0.29) is 0 Å². The summed E-state index contributed by atoms with van der Waals surface area (Å²) in [6.07, 6.45) is 11.5. The van der Waals surface area contributed by atoms with E-state index in [1.54, 1.807) is 0 Å². The zero-order valence-electron chi connectivity index (χ0n) is 11.6. The standard InChI is InChI=1S/C15H30N2/c1-2-16-15-10-8-9-14(15)13-17-11-6-4-3-5-7-12-17/h14-16H,2-13H2,1H3. The van der Waals surface area contributed by atoms with Gasteiger partial charge in [-0.3, -0.25) is 0 Å². The van der Waals surface area contributed by atoms with Gasteiger partial charge in [0.15, 0.2) is 0 Å². The molecule has 2 atom stereocenters. The summed E-state index contributed by atoms with van der Waals surface area (Å²) < 4.78 is 0. The van der Waals surface area contributed by atoms with Crippen molar-refractivity contribution in [3.05, 3.63) is 0 Å². The van der Waals surface area contributed by atoms with E-state index in [9.17, 15) is 0 Å². The lowest BCUT2D eigenvalue weighted by Gasteiger charge is -2.30. The largest absolute Gasteiger partial charge is 0.314 e. The van der Waals surface area contributed by atoms with Crippen LogP contribution in [0.4, 0.5) is 0 Å². The Morgan fingerprint density at radius 3 is 2.35 bits per heavy atom. The summed E-state index contributed by atoms with van der Waals surface area (Å²) in [6, 6.07) is 0.811. The summed E-state index contributed by atoms with van der Waals surface area (Å²) in [5.74, 6) is 0.925. The number of hydrogen-bond donors (Lipinski definition) is 1. The summed E-state index contributed by atoms with van der Waals surface area (Å²) in [5.41, 5.74) is 0. The van der Waals surface area contributed by atoms with Gasteiger partial charge in [-0.2, -0.15) is 0 Å². The molecule has 0 aromatic heterocycles. The minimum atomic E-state index is 0.811. The van der Waals surface area contributed by atoms with Crippen LogP contribution in [0.5, 0.6) is 0 Å². The van der Waals surface area contributed by atoms with Crippen LogP contribution in [0.2, 0.25) is 0 Å². The second-order valence-corrected chi connectivity index (χ2v) is 5.92. The highest BCUT2D eigenvalue weighted by atomic mass is 15.1. The van der Waals surface area contributed by atoms with Crippen molar-refractivity contribution >= 4 is 0 Å². The van der Waals surface area contributed by atoms with Gasteiger partial charge in [0, 0.05) is 12.6 Å². The molecule has 1 saturated heterocycles. The van der Waals surface area contributed by atoms with Crippen LogP contribution >= 0.6 is 0 Å². The van der Waals surface area contributed by atoms with Crippen molar-refractivity contribution in [2.45, 2.75) is 64.3 Å². The number of nitrogens with zero attached hydrogens (tertiary/aromatic N) is 1. The molecule has 2 rings (SSSR count). The molecular weight excluding hydrogens is 208 g/mol. The Bertz CT molecular complexity index is 197. The average Bonchev–Trinajstić information content (AvgIpc) is 2.70. The van der Waals surface area contributed by atoms with Crippen LogP contribution in [-0.2, 0) is 0 Å². The fourth-order valence-corrected chi connectivity index (χ4v) is 3.61. The van der Waals surface area contributed by atoms with Crippen molar-refractivity contribution in [1.82, 2.24) is 10.2 Å². The van der Waals surface area contributed by atoms with Gasteiger partial charge in [0.05, 0.1) is 0 Å². The van der Waals surface area contributed by atoms with Crippen LogP contribution in [0.1, 0.15) is 58.3 Å². The molecule has 2 fully saturated rings. The molecule has 2 unspecified atom stereocenters. The molecule has 2 heteroatoms. The number of hydrogen-bond acceptors (Lipinski definition) is 2. The molecule has 1 saturated carbocycles. The maximum absolute atomic E-state index is 3.69. The van der Waals surface area contributed by atoms with Gasteiger partial charge in [0.1, 0.15) is 0 Å². The Morgan fingerprint density at radius 2 is 1.65 bits per heavy atom. The second-order valence-electron chi connectivity index (χ2n) is 5.92. The average molecular weight is 238 g/mol. The van der Waals surface area contributed by atoms with Crippen molar-refractivity contribution < 1.29 is 0 Å². The molecule has 100 valence electrons. The lowest BCUT2D eigenvalue weighted by atomic mass is 10.0. The highest BCUT2D eigenvalue weighted by Crippen LogP contribution is 2.27. The third-order valence-electron chi connectivity index (χ3n) is 4.57. The first-order valence-corrected chi connectivity index (χ1v) is 7.86. The molecule has 0 amide bonds. The SMILES string of the molecule is CCNC1CCCC1CN1CCCCCCC1. The maximum Gasteiger partial charge on any atom is 0.0107 e. The summed E-state index contributed by atoms with van der Waals surface area (Å²) in [6.45, 7) is 7.45. The normalized spacial score (nSPS) is 32.3. The van der Waals surface area contributed by atoms with Crippen LogP contribution in [0, 0.1) is 5.92 Å². The van der Waals surface area contributed by atoms with Gasteiger partial charge in [0.2, 0.25) is 0 Å². The van der Waals surface area contributed by atoms with Crippen molar-refractivity contribution in [2.24, 2.45) is 5.92 Å². The van der Waals surface area contributed by atoms with E-state index in [4.69, 9.17) is 0 Å². The fraction of sp³-hybridized carbons (Fsp3) is 1.00. The van der Waals surface area contributed by atoms with E-state index >= 15 is 0 Å². The molecule has 1 heterocycles. The first kappa shape index (κ1) is 13.4. The number of likely N-dealkylation sites (tertiary alicyclic amines) is 1. The zero-order chi connectivity index (χ0) is 11.9. The van der Waals surface area contributed by atoms with Crippen LogP contribution in [0.3, 0.4) is 0 Å². The molecule has 0 bridgehead atoms. The van der Waals surface area contributed by atoms with Crippen LogP contribution in [-0.4, -0.2) is 37.1 Å². The molecule has 1 N–H and O–H groups in total. The van der Waals surface area contributed by atoms with E-state index in [1.165, 1.54) is 71.0 Å². The Morgan fingerprint density at radius 1 is 0.941 bits per heavy atom. The third-order valence-corrected chi connectivity index (χ3v) is 4.57. The van der Waals surface area contributed by atoms with Gasteiger partial charge in [-0.1, -0.05) is 32.6 Å². The number of nitrogens with one attached hydrogen (secondary N) is 1. The molecule has 17 heavy (non-hydrogen) atoms. The van der Waals surface area contributed by atoms with Gasteiger partial charge < -0.3 is 10.2 Å². The van der Waals surface area contributed by atoms with Crippen LogP contribution < -0.4 is 5.32 Å². The molecule has 0 radical (unpaired) electrons. The zero-order valence-corrected chi connectivity index (χ0v) is 11.6. The summed E-state index contributed by atoms with van der Waals surface area (Å²) in [4.78, 5) is 2.75. The van der Waals surface area contributed by atoms with Gasteiger partial charge in [0.25, 0.3) is 0 Å². The summed E-state index contributed by atoms with van der Waals surface area (Å²) in [5, 5.41) is 3.69. The highest BCUT2D eigenvalue weighted by Gasteiger charge is 2.27. The third kappa shape index (κ3) is 4.26. The first-order chi connectivity index (χ1) is 8.40. The maximum atomic E-state index is 3.69. The van der Waals surface area contributed by atoms with E-state index < -0.39 is 0 Å². The molecule has 2 nitrogen and oxygen atoms in total. The predicted octanol–water partition coefficient (Wildman–Crippen LogP) is 3.03. The first-order valence-electron chi connectivity index (χ1n) is 7.86. The lowest BCUT2D eigenvalue weighted by molar-refractivity contribution is 0.198. The predicted molar refractivity (Wildman–Crippen MR) is 74.3 cm³/mol. The van der Waals surface area contributed by atoms with Gasteiger partial charge in [-0.05, 0) is 51.2 Å². The molecule has 0 aromatic rings.